The number of carbonyl (C=O) groups is 1. The molecule has 0 bridgehead atoms. The van der Waals surface area contributed by atoms with Crippen LogP contribution in [0.3, 0.4) is 0 Å². The minimum atomic E-state index is -2.82. The van der Waals surface area contributed by atoms with E-state index in [0.29, 0.717) is 19.4 Å². The number of carbonyl (C=O) groups excluding carboxylic acids is 1. The minimum absolute atomic E-state index is 0.123. The van der Waals surface area contributed by atoms with E-state index in [0.717, 1.165) is 12.0 Å². The molecule has 0 radical (unpaired) electrons. The predicted molar refractivity (Wildman–Crippen MR) is 72.7 cm³/mol. The Hall–Kier alpha value is -1.69. The van der Waals surface area contributed by atoms with Gasteiger partial charge in [-0.05, 0) is 30.5 Å². The molecular weight excluding hydrogens is 266 g/mol. The summed E-state index contributed by atoms with van der Waals surface area (Å²) in [6.07, 6.45) is 2.13. The number of nitrogens with one attached hydrogen (secondary N) is 1. The molecule has 1 unspecified atom stereocenters. The van der Waals surface area contributed by atoms with Gasteiger partial charge in [-0.2, -0.15) is 8.78 Å². The van der Waals surface area contributed by atoms with Crippen molar-refractivity contribution in [3.63, 3.8) is 0 Å². The van der Waals surface area contributed by atoms with Crippen molar-refractivity contribution in [3.05, 3.63) is 29.8 Å². The Balaban J connectivity index is 2.33. The second-order valence-corrected chi connectivity index (χ2v) is 4.46. The van der Waals surface area contributed by atoms with Crippen LogP contribution in [0.5, 0.6) is 5.75 Å². The smallest absolute Gasteiger partial charge is 0.387 e. The lowest BCUT2D eigenvalue weighted by atomic mass is 10.1. The van der Waals surface area contributed by atoms with Gasteiger partial charge in [0.1, 0.15) is 5.75 Å². The van der Waals surface area contributed by atoms with Gasteiger partial charge in [-0.1, -0.05) is 25.5 Å². The quantitative estimate of drug-likeness (QED) is 0.769. The maximum Gasteiger partial charge on any atom is 0.387 e. The van der Waals surface area contributed by atoms with Gasteiger partial charge in [-0.3, -0.25) is 4.79 Å². The fourth-order valence-electron chi connectivity index (χ4n) is 1.74. The van der Waals surface area contributed by atoms with Crippen molar-refractivity contribution in [2.45, 2.75) is 38.8 Å². The van der Waals surface area contributed by atoms with Crippen LogP contribution in [0.25, 0.3) is 0 Å². The van der Waals surface area contributed by atoms with Crippen LogP contribution in [0.4, 0.5) is 8.78 Å². The maximum absolute atomic E-state index is 12.0. The molecule has 1 atom stereocenters. The van der Waals surface area contributed by atoms with E-state index in [2.05, 4.69) is 10.1 Å². The molecule has 0 aliphatic carbocycles. The molecule has 0 heterocycles. The maximum atomic E-state index is 12.0. The third-order valence-corrected chi connectivity index (χ3v) is 2.80. The van der Waals surface area contributed by atoms with Gasteiger partial charge in [0.15, 0.2) is 0 Å². The molecule has 20 heavy (non-hydrogen) atoms. The third-order valence-electron chi connectivity index (χ3n) is 2.80. The fraction of sp³-hybridized carbons (Fsp3) is 0.500. The zero-order valence-electron chi connectivity index (χ0n) is 11.4. The molecule has 0 saturated heterocycles. The molecule has 4 nitrogen and oxygen atoms in total. The Morgan fingerprint density at radius 1 is 1.35 bits per heavy atom. The summed E-state index contributed by atoms with van der Waals surface area (Å²) >= 11 is 0. The van der Waals surface area contributed by atoms with Gasteiger partial charge in [-0.15, -0.1) is 0 Å². The van der Waals surface area contributed by atoms with Crippen LogP contribution in [0.2, 0.25) is 0 Å². The van der Waals surface area contributed by atoms with E-state index in [9.17, 15) is 13.6 Å². The lowest BCUT2D eigenvalue weighted by molar-refractivity contribution is -0.122. The standard InChI is InChI=1S/C14H20F2N2O2/c1-2-3-12(17)13(19)18-9-8-10-4-6-11(7-5-10)20-14(15)16/h4-7,12,14H,2-3,8-9,17H2,1H3,(H,18,19). The van der Waals surface area contributed by atoms with Gasteiger partial charge in [0.05, 0.1) is 6.04 Å². The second kappa shape index (κ2) is 8.47. The number of rotatable bonds is 8. The molecule has 1 aromatic carbocycles. The molecule has 0 fully saturated rings. The molecule has 0 saturated carbocycles. The van der Waals surface area contributed by atoms with Crippen molar-refractivity contribution in [1.29, 1.82) is 0 Å². The molecule has 3 N–H and O–H groups in total. The largest absolute Gasteiger partial charge is 0.435 e. The summed E-state index contributed by atoms with van der Waals surface area (Å²) in [5, 5.41) is 2.75. The summed E-state index contributed by atoms with van der Waals surface area (Å²) in [6, 6.07) is 5.87. The molecule has 6 heteroatoms. The van der Waals surface area contributed by atoms with Gasteiger partial charge in [-0.25, -0.2) is 0 Å². The molecule has 112 valence electrons. The highest BCUT2D eigenvalue weighted by Crippen LogP contribution is 2.14. The molecule has 1 aromatic rings. The number of ether oxygens (including phenoxy) is 1. The van der Waals surface area contributed by atoms with E-state index in [4.69, 9.17) is 5.73 Å². The lowest BCUT2D eigenvalue weighted by Gasteiger charge is -2.11. The highest BCUT2D eigenvalue weighted by Gasteiger charge is 2.11. The minimum Gasteiger partial charge on any atom is -0.435 e. The van der Waals surface area contributed by atoms with Gasteiger partial charge < -0.3 is 15.8 Å². The predicted octanol–water partition coefficient (Wildman–Crippen LogP) is 2.07. The van der Waals surface area contributed by atoms with E-state index in [1.807, 2.05) is 6.92 Å². The van der Waals surface area contributed by atoms with Crippen LogP contribution in [-0.4, -0.2) is 25.1 Å². The second-order valence-electron chi connectivity index (χ2n) is 4.46. The molecular formula is C14H20F2N2O2. The van der Waals surface area contributed by atoms with E-state index >= 15 is 0 Å². The Morgan fingerprint density at radius 3 is 2.55 bits per heavy atom. The molecule has 0 aliphatic heterocycles. The van der Waals surface area contributed by atoms with Crippen LogP contribution < -0.4 is 15.8 Å². The number of alkyl halides is 2. The summed E-state index contributed by atoms with van der Waals surface area (Å²) < 4.78 is 28.2. The molecule has 0 aliphatic rings. The van der Waals surface area contributed by atoms with E-state index < -0.39 is 12.7 Å². The summed E-state index contributed by atoms with van der Waals surface area (Å²) in [5.41, 5.74) is 6.60. The summed E-state index contributed by atoms with van der Waals surface area (Å²) in [4.78, 5) is 11.6. The molecule has 0 aromatic heterocycles. The van der Waals surface area contributed by atoms with Crippen molar-refractivity contribution >= 4 is 5.91 Å². The number of halogens is 2. The average molecular weight is 286 g/mol. The fourth-order valence-corrected chi connectivity index (χ4v) is 1.74. The summed E-state index contributed by atoms with van der Waals surface area (Å²) in [5.74, 6) is -0.0396. The monoisotopic (exact) mass is 286 g/mol. The first-order chi connectivity index (χ1) is 9.52. The summed E-state index contributed by atoms with van der Waals surface area (Å²) in [6.45, 7) is -0.387. The Labute approximate surface area is 117 Å². The first-order valence-corrected chi connectivity index (χ1v) is 6.60. The summed E-state index contributed by atoms with van der Waals surface area (Å²) in [7, 11) is 0. The Bertz CT molecular complexity index is 410. The van der Waals surface area contributed by atoms with E-state index in [1.165, 1.54) is 12.1 Å². The van der Waals surface area contributed by atoms with Gasteiger partial charge in [0, 0.05) is 6.54 Å². The third kappa shape index (κ3) is 5.97. The van der Waals surface area contributed by atoms with Crippen LogP contribution in [-0.2, 0) is 11.2 Å². The average Bonchev–Trinajstić information content (AvgIpc) is 2.40. The van der Waals surface area contributed by atoms with Gasteiger partial charge in [0.2, 0.25) is 5.91 Å². The van der Waals surface area contributed by atoms with Crippen molar-refractivity contribution in [3.8, 4) is 5.75 Å². The number of hydrogen-bond donors (Lipinski definition) is 2. The highest BCUT2D eigenvalue weighted by atomic mass is 19.3. The number of hydrogen-bond acceptors (Lipinski definition) is 3. The van der Waals surface area contributed by atoms with E-state index in [-0.39, 0.29) is 11.7 Å². The Morgan fingerprint density at radius 2 is 2.00 bits per heavy atom. The zero-order chi connectivity index (χ0) is 15.0. The van der Waals surface area contributed by atoms with Crippen molar-refractivity contribution in [1.82, 2.24) is 5.32 Å². The van der Waals surface area contributed by atoms with E-state index in [1.54, 1.807) is 12.1 Å². The lowest BCUT2D eigenvalue weighted by Crippen LogP contribution is -2.41. The van der Waals surface area contributed by atoms with Gasteiger partial charge in [0.25, 0.3) is 0 Å². The SMILES string of the molecule is CCCC(N)C(=O)NCCc1ccc(OC(F)F)cc1. The molecule has 0 spiro atoms. The number of nitrogens with two attached hydrogens (primary N) is 1. The van der Waals surface area contributed by atoms with Gasteiger partial charge >= 0.3 is 6.61 Å². The molecule has 1 amide bonds. The topological polar surface area (TPSA) is 64.4 Å². The molecule has 1 rings (SSSR count). The van der Waals surface area contributed by atoms with Crippen LogP contribution in [0.1, 0.15) is 25.3 Å². The van der Waals surface area contributed by atoms with Crippen molar-refractivity contribution in [2.75, 3.05) is 6.54 Å². The number of amides is 1. The first-order valence-electron chi connectivity index (χ1n) is 6.60. The first kappa shape index (κ1) is 16.4. The van der Waals surface area contributed by atoms with Crippen LogP contribution >= 0.6 is 0 Å². The Kier molecular flexibility index (Phi) is 6.93. The van der Waals surface area contributed by atoms with Crippen LogP contribution in [0.15, 0.2) is 24.3 Å². The van der Waals surface area contributed by atoms with Crippen LogP contribution in [0, 0.1) is 0 Å². The normalized spacial score (nSPS) is 12.2. The zero-order valence-corrected chi connectivity index (χ0v) is 11.4. The van der Waals surface area contributed by atoms with Crippen molar-refractivity contribution in [2.24, 2.45) is 5.73 Å². The van der Waals surface area contributed by atoms with Crippen molar-refractivity contribution < 1.29 is 18.3 Å². The number of benzene rings is 1. The highest BCUT2D eigenvalue weighted by molar-refractivity contribution is 5.81.